The molecule has 1 aliphatic rings. The maximum atomic E-state index is 13.6. The van der Waals surface area contributed by atoms with E-state index in [1.54, 1.807) is 41.9 Å². The van der Waals surface area contributed by atoms with Crippen molar-refractivity contribution in [2.24, 2.45) is 0 Å². The monoisotopic (exact) mass is 531 g/mol. The molecule has 2 atom stereocenters. The van der Waals surface area contributed by atoms with E-state index in [-0.39, 0.29) is 11.3 Å². The van der Waals surface area contributed by atoms with Crippen molar-refractivity contribution < 1.29 is 27.3 Å². The van der Waals surface area contributed by atoms with Crippen molar-refractivity contribution in [1.82, 2.24) is 15.1 Å². The molecule has 0 saturated carbocycles. The van der Waals surface area contributed by atoms with Crippen LogP contribution in [0.25, 0.3) is 5.69 Å². The van der Waals surface area contributed by atoms with Gasteiger partial charge in [0.25, 0.3) is 5.91 Å². The van der Waals surface area contributed by atoms with Gasteiger partial charge in [-0.15, -0.1) is 0 Å². The van der Waals surface area contributed by atoms with Crippen LogP contribution in [-0.2, 0) is 14.9 Å². The smallest absolute Gasteiger partial charge is 0.251 e. The maximum Gasteiger partial charge on any atom is 0.251 e. The van der Waals surface area contributed by atoms with E-state index in [0.717, 1.165) is 6.07 Å². The molecule has 2 amide bonds. The van der Waals surface area contributed by atoms with Gasteiger partial charge in [-0.3, -0.25) is 9.59 Å². The predicted octanol–water partition coefficient (Wildman–Crippen LogP) is 2.98. The summed E-state index contributed by atoms with van der Waals surface area (Å²) in [6.45, 7) is 1.75. The summed E-state index contributed by atoms with van der Waals surface area (Å²) in [5.41, 5.74) is 2.35. The van der Waals surface area contributed by atoms with E-state index >= 15 is 0 Å². The highest BCUT2D eigenvalue weighted by molar-refractivity contribution is 7.85. The van der Waals surface area contributed by atoms with Crippen molar-refractivity contribution >= 4 is 27.8 Å². The summed E-state index contributed by atoms with van der Waals surface area (Å²) in [5, 5.41) is 10.3. The Morgan fingerprint density at radius 1 is 1.05 bits per heavy atom. The minimum absolute atomic E-state index is 0.244. The summed E-state index contributed by atoms with van der Waals surface area (Å²) in [6, 6.07) is 20.1. The molecule has 0 saturated heterocycles. The Bertz CT molecular complexity index is 1640. The molecule has 5 rings (SSSR count). The fourth-order valence-electron chi connectivity index (χ4n) is 4.71. The lowest BCUT2D eigenvalue weighted by molar-refractivity contribution is -0.118. The van der Waals surface area contributed by atoms with Crippen LogP contribution in [-0.4, -0.2) is 47.7 Å². The van der Waals surface area contributed by atoms with Crippen LogP contribution in [0.4, 0.5) is 5.82 Å². The van der Waals surface area contributed by atoms with Crippen LogP contribution in [0.1, 0.15) is 33.1 Å². The Morgan fingerprint density at radius 2 is 1.71 bits per heavy atom. The zero-order valence-electron chi connectivity index (χ0n) is 20.4. The zero-order chi connectivity index (χ0) is 27.0. The van der Waals surface area contributed by atoms with Gasteiger partial charge in [-0.05, 0) is 49.4 Å². The minimum atomic E-state index is -4.83. The van der Waals surface area contributed by atoms with Crippen LogP contribution in [0, 0.1) is 6.92 Å². The number of ether oxygens (including phenoxy) is 1. The fraction of sp³-hybridized carbons (Fsp3) is 0.148. The van der Waals surface area contributed by atoms with Crippen molar-refractivity contribution in [3.63, 3.8) is 0 Å². The summed E-state index contributed by atoms with van der Waals surface area (Å²) in [5.74, 6) is -1.36. The van der Waals surface area contributed by atoms with Gasteiger partial charge in [0.2, 0.25) is 5.91 Å². The Morgan fingerprint density at radius 3 is 2.34 bits per heavy atom. The van der Waals surface area contributed by atoms with Gasteiger partial charge < -0.3 is 19.9 Å². The molecular weight excluding hydrogens is 508 g/mol. The number of anilines is 1. The molecule has 10 nitrogen and oxygen atoms in total. The number of para-hydroxylation sites is 1. The summed E-state index contributed by atoms with van der Waals surface area (Å²) in [4.78, 5) is 26.3. The Labute approximate surface area is 219 Å². The highest BCUT2D eigenvalue weighted by atomic mass is 32.2. The van der Waals surface area contributed by atoms with Crippen molar-refractivity contribution in [3.8, 4) is 11.4 Å². The van der Waals surface area contributed by atoms with Gasteiger partial charge in [0.15, 0.2) is 0 Å². The number of hydrogen-bond acceptors (Lipinski definition) is 7. The number of fused-ring (bicyclic) bond motifs is 1. The number of aryl methyl sites for hydroxylation is 1. The topological polar surface area (TPSA) is 142 Å². The van der Waals surface area contributed by atoms with E-state index in [1.165, 1.54) is 19.2 Å². The standard InChI is InChI=1S/C27H24N4O6S/c1-16-22-23(20-15-19(38(34,35)36)13-14-21(20)37-2)24(28-26(32)17-9-5-3-6-10-17)27(33)29-25(22)31(30-16)18-11-7-4-8-12-18/h3-15,23-24H,1-2H3,(H,28,32)(H,29,33)(H,34,35,36)/p-1/t23-,24-/m1/s1. The first kappa shape index (κ1) is 25.2. The van der Waals surface area contributed by atoms with E-state index in [2.05, 4.69) is 15.7 Å². The molecule has 0 spiro atoms. The molecule has 2 N–H and O–H groups in total. The van der Waals surface area contributed by atoms with Gasteiger partial charge >= 0.3 is 0 Å². The second kappa shape index (κ2) is 9.77. The van der Waals surface area contributed by atoms with Gasteiger partial charge in [0, 0.05) is 22.6 Å². The number of aromatic nitrogens is 2. The summed E-state index contributed by atoms with van der Waals surface area (Å²) in [6.07, 6.45) is 0. The molecule has 0 radical (unpaired) electrons. The number of carbonyl (C=O) groups excluding carboxylic acids is 2. The number of nitrogens with zero attached hydrogens (tertiary/aromatic N) is 2. The molecule has 4 aromatic rings. The average Bonchev–Trinajstić information content (AvgIpc) is 3.24. The van der Waals surface area contributed by atoms with Gasteiger partial charge in [-0.2, -0.15) is 5.10 Å². The van der Waals surface area contributed by atoms with Crippen LogP contribution in [0.3, 0.4) is 0 Å². The lowest BCUT2D eigenvalue weighted by Gasteiger charge is -2.33. The van der Waals surface area contributed by atoms with Crippen molar-refractivity contribution in [2.45, 2.75) is 23.8 Å². The molecule has 2 heterocycles. The third kappa shape index (κ3) is 4.53. The van der Waals surface area contributed by atoms with Crippen molar-refractivity contribution in [1.29, 1.82) is 0 Å². The van der Waals surface area contributed by atoms with Crippen molar-refractivity contribution in [3.05, 3.63) is 101 Å². The summed E-state index contributed by atoms with van der Waals surface area (Å²) in [7, 11) is -3.43. The first-order chi connectivity index (χ1) is 18.2. The molecular formula is C27H23N4O6S-. The minimum Gasteiger partial charge on any atom is -0.744 e. The number of methoxy groups -OCH3 is 1. The average molecular weight is 532 g/mol. The predicted molar refractivity (Wildman–Crippen MR) is 137 cm³/mol. The van der Waals surface area contributed by atoms with Gasteiger partial charge in [0.05, 0.1) is 23.4 Å². The highest BCUT2D eigenvalue weighted by Crippen LogP contribution is 2.44. The quantitative estimate of drug-likeness (QED) is 0.364. The molecule has 0 bridgehead atoms. The normalized spacial score (nSPS) is 16.9. The van der Waals surface area contributed by atoms with Crippen LogP contribution in [0.2, 0.25) is 0 Å². The van der Waals surface area contributed by atoms with E-state index in [9.17, 15) is 22.6 Å². The number of hydrogen-bond donors (Lipinski definition) is 2. The molecule has 38 heavy (non-hydrogen) atoms. The van der Waals surface area contributed by atoms with E-state index < -0.39 is 38.8 Å². The first-order valence-corrected chi connectivity index (χ1v) is 13.1. The molecule has 0 aliphatic carbocycles. The number of benzene rings is 3. The molecule has 3 aromatic carbocycles. The molecule has 0 fully saturated rings. The van der Waals surface area contributed by atoms with Crippen LogP contribution < -0.4 is 15.4 Å². The third-order valence-corrected chi connectivity index (χ3v) is 7.25. The molecule has 0 unspecified atom stereocenters. The second-order valence-corrected chi connectivity index (χ2v) is 10.1. The Kier molecular flexibility index (Phi) is 6.47. The number of amides is 2. The zero-order valence-corrected chi connectivity index (χ0v) is 21.2. The van der Waals surface area contributed by atoms with Crippen LogP contribution in [0.5, 0.6) is 5.75 Å². The highest BCUT2D eigenvalue weighted by Gasteiger charge is 2.43. The first-order valence-electron chi connectivity index (χ1n) is 11.6. The second-order valence-electron chi connectivity index (χ2n) is 8.74. The Balaban J connectivity index is 1.73. The maximum absolute atomic E-state index is 13.6. The summed E-state index contributed by atoms with van der Waals surface area (Å²) < 4.78 is 42.8. The largest absolute Gasteiger partial charge is 0.744 e. The lowest BCUT2D eigenvalue weighted by Crippen LogP contribution is -2.50. The van der Waals surface area contributed by atoms with E-state index in [0.29, 0.717) is 28.3 Å². The SMILES string of the molecule is COc1ccc(S(=O)(=O)[O-])cc1[C@@H]1c2c(C)nn(-c3ccccc3)c2NC(=O)[C@@H]1NC(=O)c1ccccc1. The summed E-state index contributed by atoms with van der Waals surface area (Å²) >= 11 is 0. The van der Waals surface area contributed by atoms with Crippen molar-refractivity contribution in [2.75, 3.05) is 12.4 Å². The molecule has 1 aliphatic heterocycles. The van der Waals surface area contributed by atoms with Gasteiger partial charge in [-0.25, -0.2) is 13.1 Å². The van der Waals surface area contributed by atoms with Crippen LogP contribution in [0.15, 0.2) is 83.8 Å². The van der Waals surface area contributed by atoms with E-state index in [4.69, 9.17) is 4.74 Å². The number of carbonyl (C=O) groups is 2. The molecule has 194 valence electrons. The Hall–Kier alpha value is -4.48. The van der Waals surface area contributed by atoms with Gasteiger partial charge in [0.1, 0.15) is 27.7 Å². The van der Waals surface area contributed by atoms with E-state index in [1.807, 2.05) is 30.3 Å². The molecule has 11 heteroatoms. The molecule has 1 aromatic heterocycles. The van der Waals surface area contributed by atoms with Crippen LogP contribution >= 0.6 is 0 Å². The van der Waals surface area contributed by atoms with Gasteiger partial charge in [-0.1, -0.05) is 36.4 Å². The number of rotatable bonds is 6. The number of nitrogens with one attached hydrogen (secondary N) is 2. The fourth-order valence-corrected chi connectivity index (χ4v) is 5.22. The lowest BCUT2D eigenvalue weighted by atomic mass is 9.81. The third-order valence-electron chi connectivity index (χ3n) is 6.42.